The minimum absolute atomic E-state index is 0.541. The Morgan fingerprint density at radius 3 is 2.72 bits per heavy atom. The Morgan fingerprint density at radius 1 is 1.33 bits per heavy atom. The number of hydrogen-bond acceptors (Lipinski definition) is 3. The minimum atomic E-state index is -0.764. The molecule has 0 fully saturated rings. The normalized spacial score (nSPS) is 12.4. The standard InChI is InChI=1S/C14H15BrO3/c1-3-17-12-5-4-9(2)8-11(12)13(16)10-6-7-18-14(10)15/h4-8,13,16H,3H2,1-2H3. The summed E-state index contributed by atoms with van der Waals surface area (Å²) in [6.07, 6.45) is 0.776. The third-order valence-corrected chi connectivity index (χ3v) is 3.35. The third kappa shape index (κ3) is 2.60. The number of rotatable bonds is 4. The Kier molecular flexibility index (Phi) is 4.09. The van der Waals surface area contributed by atoms with Gasteiger partial charge in [0, 0.05) is 11.1 Å². The molecule has 0 bridgehead atoms. The summed E-state index contributed by atoms with van der Waals surface area (Å²) in [6.45, 7) is 4.47. The zero-order chi connectivity index (χ0) is 13.1. The van der Waals surface area contributed by atoms with Crippen LogP contribution in [0.4, 0.5) is 0 Å². The number of aliphatic hydroxyl groups excluding tert-OH is 1. The van der Waals surface area contributed by atoms with Crippen LogP contribution >= 0.6 is 15.9 Å². The van der Waals surface area contributed by atoms with Gasteiger partial charge >= 0.3 is 0 Å². The topological polar surface area (TPSA) is 42.6 Å². The van der Waals surface area contributed by atoms with Gasteiger partial charge in [-0.3, -0.25) is 0 Å². The molecule has 1 N–H and O–H groups in total. The first-order chi connectivity index (χ1) is 8.63. The summed E-state index contributed by atoms with van der Waals surface area (Å²) < 4.78 is 11.2. The van der Waals surface area contributed by atoms with E-state index in [0.29, 0.717) is 22.6 Å². The molecule has 0 aliphatic carbocycles. The largest absolute Gasteiger partial charge is 0.493 e. The number of furan rings is 1. The molecule has 0 aliphatic heterocycles. The molecule has 1 aromatic heterocycles. The lowest BCUT2D eigenvalue weighted by Crippen LogP contribution is -2.04. The summed E-state index contributed by atoms with van der Waals surface area (Å²) >= 11 is 3.28. The summed E-state index contributed by atoms with van der Waals surface area (Å²) in [5, 5.41) is 10.4. The number of benzene rings is 1. The van der Waals surface area contributed by atoms with Crippen LogP contribution in [0.25, 0.3) is 0 Å². The highest BCUT2D eigenvalue weighted by Gasteiger charge is 2.19. The van der Waals surface area contributed by atoms with Gasteiger partial charge < -0.3 is 14.3 Å². The lowest BCUT2D eigenvalue weighted by Gasteiger charge is -2.15. The summed E-state index contributed by atoms with van der Waals surface area (Å²) in [6, 6.07) is 7.51. The van der Waals surface area contributed by atoms with Crippen LogP contribution in [0.1, 0.15) is 29.7 Å². The second kappa shape index (κ2) is 5.59. The summed E-state index contributed by atoms with van der Waals surface area (Å²) in [4.78, 5) is 0. The number of aliphatic hydroxyl groups is 1. The molecule has 0 aliphatic rings. The van der Waals surface area contributed by atoms with E-state index in [1.54, 1.807) is 12.3 Å². The van der Waals surface area contributed by atoms with Crippen LogP contribution in [0.2, 0.25) is 0 Å². The van der Waals surface area contributed by atoms with Crippen LogP contribution in [0, 0.1) is 6.92 Å². The molecule has 0 spiro atoms. The molecule has 1 aromatic carbocycles. The summed E-state index contributed by atoms with van der Waals surface area (Å²) in [7, 11) is 0. The predicted octanol–water partition coefficient (Wildman–Crippen LogP) is 3.83. The van der Waals surface area contributed by atoms with E-state index < -0.39 is 6.10 Å². The zero-order valence-electron chi connectivity index (χ0n) is 10.3. The van der Waals surface area contributed by atoms with Gasteiger partial charge in [0.1, 0.15) is 11.9 Å². The first kappa shape index (κ1) is 13.2. The Hall–Kier alpha value is -1.26. The molecule has 0 radical (unpaired) electrons. The smallest absolute Gasteiger partial charge is 0.175 e. The van der Waals surface area contributed by atoms with E-state index in [0.717, 1.165) is 11.1 Å². The van der Waals surface area contributed by atoms with Gasteiger partial charge in [0.2, 0.25) is 0 Å². The average Bonchev–Trinajstić information content (AvgIpc) is 2.77. The maximum atomic E-state index is 10.4. The molecule has 2 rings (SSSR count). The lowest BCUT2D eigenvalue weighted by molar-refractivity contribution is 0.209. The van der Waals surface area contributed by atoms with Crippen molar-refractivity contribution in [2.75, 3.05) is 6.61 Å². The molecule has 96 valence electrons. The van der Waals surface area contributed by atoms with Gasteiger partial charge in [0.15, 0.2) is 4.67 Å². The molecule has 0 amide bonds. The average molecular weight is 311 g/mol. The maximum Gasteiger partial charge on any atom is 0.175 e. The van der Waals surface area contributed by atoms with E-state index in [1.165, 1.54) is 0 Å². The molecule has 1 heterocycles. The van der Waals surface area contributed by atoms with Crippen molar-refractivity contribution in [3.05, 3.63) is 51.9 Å². The predicted molar refractivity (Wildman–Crippen MR) is 72.8 cm³/mol. The second-order valence-corrected chi connectivity index (χ2v) is 4.75. The molecule has 1 atom stereocenters. The Labute approximate surface area is 115 Å². The Morgan fingerprint density at radius 2 is 2.11 bits per heavy atom. The first-order valence-corrected chi connectivity index (χ1v) is 6.57. The summed E-state index contributed by atoms with van der Waals surface area (Å²) in [5.74, 6) is 0.698. The highest BCUT2D eigenvalue weighted by Crippen LogP contribution is 2.34. The monoisotopic (exact) mass is 310 g/mol. The quantitative estimate of drug-likeness (QED) is 0.933. The van der Waals surface area contributed by atoms with Crippen molar-refractivity contribution >= 4 is 15.9 Å². The molecule has 1 unspecified atom stereocenters. The first-order valence-electron chi connectivity index (χ1n) is 5.77. The van der Waals surface area contributed by atoms with Crippen LogP contribution in [-0.2, 0) is 0 Å². The van der Waals surface area contributed by atoms with E-state index in [9.17, 15) is 5.11 Å². The van der Waals surface area contributed by atoms with Crippen molar-refractivity contribution < 1.29 is 14.3 Å². The fraction of sp³-hybridized carbons (Fsp3) is 0.286. The molecule has 18 heavy (non-hydrogen) atoms. The molecule has 2 aromatic rings. The second-order valence-electron chi connectivity index (χ2n) is 4.03. The van der Waals surface area contributed by atoms with Gasteiger partial charge in [-0.05, 0) is 48.0 Å². The van der Waals surface area contributed by atoms with Gasteiger partial charge in [0.25, 0.3) is 0 Å². The van der Waals surface area contributed by atoms with E-state index in [1.807, 2.05) is 32.0 Å². The highest BCUT2D eigenvalue weighted by atomic mass is 79.9. The van der Waals surface area contributed by atoms with Gasteiger partial charge in [-0.1, -0.05) is 11.6 Å². The van der Waals surface area contributed by atoms with Crippen molar-refractivity contribution in [1.29, 1.82) is 0 Å². The van der Waals surface area contributed by atoms with Gasteiger partial charge in [-0.2, -0.15) is 0 Å². The van der Waals surface area contributed by atoms with Crippen LogP contribution in [0.5, 0.6) is 5.75 Å². The van der Waals surface area contributed by atoms with Crippen LogP contribution in [-0.4, -0.2) is 11.7 Å². The molecule has 0 saturated carbocycles. The number of hydrogen-bond donors (Lipinski definition) is 1. The lowest BCUT2D eigenvalue weighted by atomic mass is 10.0. The fourth-order valence-electron chi connectivity index (χ4n) is 1.84. The fourth-order valence-corrected chi connectivity index (χ4v) is 2.29. The molecule has 4 heteroatoms. The Balaban J connectivity index is 2.43. The van der Waals surface area contributed by atoms with E-state index in [4.69, 9.17) is 9.15 Å². The van der Waals surface area contributed by atoms with Crippen molar-refractivity contribution in [3.8, 4) is 5.75 Å². The van der Waals surface area contributed by atoms with Crippen LogP contribution in [0.15, 0.2) is 39.6 Å². The number of ether oxygens (including phenoxy) is 1. The van der Waals surface area contributed by atoms with Gasteiger partial charge in [0.05, 0.1) is 12.9 Å². The highest BCUT2D eigenvalue weighted by molar-refractivity contribution is 9.10. The summed E-state index contributed by atoms with van der Waals surface area (Å²) in [5.41, 5.74) is 2.52. The maximum absolute atomic E-state index is 10.4. The SMILES string of the molecule is CCOc1ccc(C)cc1C(O)c1ccoc1Br. The molecular weight excluding hydrogens is 296 g/mol. The minimum Gasteiger partial charge on any atom is -0.493 e. The molecule has 3 nitrogen and oxygen atoms in total. The van der Waals surface area contributed by atoms with Crippen molar-refractivity contribution in [3.63, 3.8) is 0 Å². The number of aryl methyl sites for hydroxylation is 1. The Bertz CT molecular complexity index is 534. The molecule has 0 saturated heterocycles. The van der Waals surface area contributed by atoms with E-state index in [-0.39, 0.29) is 0 Å². The zero-order valence-corrected chi connectivity index (χ0v) is 11.9. The third-order valence-electron chi connectivity index (χ3n) is 2.70. The van der Waals surface area contributed by atoms with Gasteiger partial charge in [-0.15, -0.1) is 0 Å². The van der Waals surface area contributed by atoms with Crippen molar-refractivity contribution in [2.45, 2.75) is 20.0 Å². The van der Waals surface area contributed by atoms with Crippen LogP contribution < -0.4 is 4.74 Å². The van der Waals surface area contributed by atoms with Crippen molar-refractivity contribution in [1.82, 2.24) is 0 Å². The molecular formula is C14H15BrO3. The van der Waals surface area contributed by atoms with Gasteiger partial charge in [-0.25, -0.2) is 0 Å². The van der Waals surface area contributed by atoms with Crippen molar-refractivity contribution in [2.24, 2.45) is 0 Å². The number of halogens is 1. The van der Waals surface area contributed by atoms with Crippen LogP contribution in [0.3, 0.4) is 0 Å². The van der Waals surface area contributed by atoms with E-state index >= 15 is 0 Å². The van der Waals surface area contributed by atoms with E-state index in [2.05, 4.69) is 15.9 Å².